The topological polar surface area (TPSA) is 49.3 Å². The Balaban J connectivity index is 2.32. The van der Waals surface area contributed by atoms with E-state index in [9.17, 15) is 9.90 Å². The van der Waals surface area contributed by atoms with E-state index in [2.05, 4.69) is 5.32 Å². The van der Waals surface area contributed by atoms with Gasteiger partial charge in [0.2, 0.25) is 0 Å². The van der Waals surface area contributed by atoms with Gasteiger partial charge in [-0.25, -0.2) is 4.79 Å². The normalized spacial score (nSPS) is 13.7. The lowest BCUT2D eigenvalue weighted by atomic mass is 9.91. The number of hydrogen-bond donors (Lipinski definition) is 2. The molecule has 0 radical (unpaired) electrons. The lowest BCUT2D eigenvalue weighted by molar-refractivity contribution is -0.144. The first-order valence-corrected chi connectivity index (χ1v) is 7.17. The minimum atomic E-state index is -1.32. The maximum Gasteiger partial charge on any atom is 0.328 e. The number of rotatable bonds is 5. The fourth-order valence-corrected chi connectivity index (χ4v) is 2.54. The molecule has 0 saturated carbocycles. The molecule has 1 unspecified atom stereocenters. The van der Waals surface area contributed by atoms with E-state index in [1.165, 1.54) is 0 Å². The Labute approximate surface area is 133 Å². The predicted octanol–water partition coefficient (Wildman–Crippen LogP) is 4.08. The fraction of sp³-hybridized carbons (Fsp3) is 0.188. The number of halogens is 2. The molecular formula is C16H15Cl2NO2. The summed E-state index contributed by atoms with van der Waals surface area (Å²) in [4.78, 5) is 11.7. The van der Waals surface area contributed by atoms with E-state index in [0.29, 0.717) is 17.1 Å². The third kappa shape index (κ3) is 3.38. The molecule has 110 valence electrons. The van der Waals surface area contributed by atoms with Crippen LogP contribution in [0.2, 0.25) is 10.0 Å². The molecule has 1 atom stereocenters. The summed E-state index contributed by atoms with van der Waals surface area (Å²) < 4.78 is 0. The van der Waals surface area contributed by atoms with Gasteiger partial charge < -0.3 is 5.11 Å². The van der Waals surface area contributed by atoms with Crippen LogP contribution in [0.25, 0.3) is 0 Å². The Kier molecular flexibility index (Phi) is 4.88. The second-order valence-corrected chi connectivity index (χ2v) is 5.66. The number of carboxylic acids is 1. The number of hydrogen-bond acceptors (Lipinski definition) is 2. The Bertz CT molecular complexity index is 646. The van der Waals surface area contributed by atoms with Crippen molar-refractivity contribution < 1.29 is 9.90 Å². The molecule has 0 aliphatic carbocycles. The molecule has 5 heteroatoms. The highest BCUT2D eigenvalue weighted by Gasteiger charge is 2.36. The molecule has 2 aromatic rings. The molecule has 2 rings (SSSR count). The third-order valence-electron chi connectivity index (χ3n) is 3.41. The number of carboxylic acid groups (broad SMARTS) is 1. The largest absolute Gasteiger partial charge is 0.480 e. The summed E-state index contributed by atoms with van der Waals surface area (Å²) >= 11 is 12.2. The van der Waals surface area contributed by atoms with Crippen molar-refractivity contribution in [3.63, 3.8) is 0 Å². The summed E-state index contributed by atoms with van der Waals surface area (Å²) in [5, 5.41) is 13.3. The highest BCUT2D eigenvalue weighted by atomic mass is 35.5. The van der Waals surface area contributed by atoms with Crippen molar-refractivity contribution in [2.24, 2.45) is 0 Å². The third-order valence-corrected chi connectivity index (χ3v) is 4.23. The van der Waals surface area contributed by atoms with Crippen molar-refractivity contribution >= 4 is 29.2 Å². The average molecular weight is 324 g/mol. The van der Waals surface area contributed by atoms with E-state index in [4.69, 9.17) is 23.2 Å². The van der Waals surface area contributed by atoms with E-state index in [1.807, 2.05) is 30.3 Å². The van der Waals surface area contributed by atoms with E-state index in [-0.39, 0.29) is 5.02 Å². The monoisotopic (exact) mass is 323 g/mol. The molecule has 2 N–H and O–H groups in total. The van der Waals surface area contributed by atoms with E-state index in [0.717, 1.165) is 5.56 Å². The van der Waals surface area contributed by atoms with Gasteiger partial charge in [0.1, 0.15) is 5.54 Å². The summed E-state index contributed by atoms with van der Waals surface area (Å²) in [6.45, 7) is 1.99. The van der Waals surface area contributed by atoms with Crippen molar-refractivity contribution in [1.82, 2.24) is 5.32 Å². The van der Waals surface area contributed by atoms with Gasteiger partial charge in [0.05, 0.1) is 10.0 Å². The van der Waals surface area contributed by atoms with Crippen LogP contribution in [0.5, 0.6) is 0 Å². The first-order chi connectivity index (χ1) is 9.95. The molecule has 0 aliphatic heterocycles. The molecule has 0 bridgehead atoms. The van der Waals surface area contributed by atoms with Crippen LogP contribution < -0.4 is 5.32 Å². The molecule has 0 fully saturated rings. The lowest BCUT2D eigenvalue weighted by Gasteiger charge is -2.28. The number of carbonyl (C=O) groups is 1. The van der Waals surface area contributed by atoms with E-state index >= 15 is 0 Å². The van der Waals surface area contributed by atoms with Gasteiger partial charge in [0.15, 0.2) is 0 Å². The number of aliphatic carboxylic acids is 1. The molecule has 0 spiro atoms. The average Bonchev–Trinajstić information content (AvgIpc) is 2.48. The maximum absolute atomic E-state index is 11.7. The van der Waals surface area contributed by atoms with Crippen molar-refractivity contribution in [2.45, 2.75) is 19.0 Å². The Hall–Kier alpha value is -1.55. The second kappa shape index (κ2) is 6.48. The first-order valence-electron chi connectivity index (χ1n) is 6.42. The Morgan fingerprint density at radius 2 is 1.81 bits per heavy atom. The van der Waals surface area contributed by atoms with E-state index in [1.54, 1.807) is 25.1 Å². The predicted molar refractivity (Wildman–Crippen MR) is 84.7 cm³/mol. The molecule has 0 heterocycles. The van der Waals surface area contributed by atoms with Gasteiger partial charge in [0, 0.05) is 12.1 Å². The SMILES string of the molecule is CC(NCc1ccccc1)(C(=O)O)c1cccc(Cl)c1Cl. The highest BCUT2D eigenvalue weighted by Crippen LogP contribution is 2.33. The summed E-state index contributed by atoms with van der Waals surface area (Å²) in [6.07, 6.45) is 0. The zero-order valence-corrected chi connectivity index (χ0v) is 12.9. The second-order valence-electron chi connectivity index (χ2n) is 4.87. The fourth-order valence-electron chi connectivity index (χ4n) is 2.05. The zero-order chi connectivity index (χ0) is 15.5. The highest BCUT2D eigenvalue weighted by molar-refractivity contribution is 6.42. The molecule has 0 aliphatic rings. The van der Waals surface area contributed by atoms with Crippen LogP contribution in [0, 0.1) is 0 Å². The molecule has 0 aromatic heterocycles. The Morgan fingerprint density at radius 1 is 1.14 bits per heavy atom. The van der Waals surface area contributed by atoms with Crippen molar-refractivity contribution in [2.75, 3.05) is 0 Å². The van der Waals surface area contributed by atoms with Gasteiger partial charge in [-0.3, -0.25) is 5.32 Å². The van der Waals surface area contributed by atoms with E-state index < -0.39 is 11.5 Å². The molecule has 0 saturated heterocycles. The lowest BCUT2D eigenvalue weighted by Crippen LogP contribution is -2.46. The quantitative estimate of drug-likeness (QED) is 0.871. The van der Waals surface area contributed by atoms with Gasteiger partial charge >= 0.3 is 5.97 Å². The van der Waals surface area contributed by atoms with Crippen LogP contribution in [0.3, 0.4) is 0 Å². The van der Waals surface area contributed by atoms with Crippen LogP contribution in [-0.2, 0) is 16.9 Å². The standard InChI is InChI=1S/C16H15Cl2NO2/c1-16(15(20)21,12-8-5-9-13(17)14(12)18)19-10-11-6-3-2-4-7-11/h2-9,19H,10H2,1H3,(H,20,21). The first kappa shape index (κ1) is 15.8. The van der Waals surface area contributed by atoms with Crippen molar-refractivity contribution in [3.05, 3.63) is 69.7 Å². The molecule has 2 aromatic carbocycles. The van der Waals surface area contributed by atoms with Crippen molar-refractivity contribution in [1.29, 1.82) is 0 Å². The molecular weight excluding hydrogens is 309 g/mol. The number of benzene rings is 2. The van der Waals surface area contributed by atoms with Gasteiger partial charge in [-0.05, 0) is 18.6 Å². The minimum Gasteiger partial charge on any atom is -0.480 e. The van der Waals surface area contributed by atoms with Gasteiger partial charge in [-0.15, -0.1) is 0 Å². The molecule has 0 amide bonds. The van der Waals surface area contributed by atoms with Crippen LogP contribution in [0.1, 0.15) is 18.1 Å². The Morgan fingerprint density at radius 3 is 2.43 bits per heavy atom. The van der Waals surface area contributed by atoms with Crippen LogP contribution >= 0.6 is 23.2 Å². The van der Waals surface area contributed by atoms with Crippen LogP contribution in [0.4, 0.5) is 0 Å². The summed E-state index contributed by atoms with van der Waals surface area (Å²) in [6, 6.07) is 14.6. The van der Waals surface area contributed by atoms with Gasteiger partial charge in [0.25, 0.3) is 0 Å². The van der Waals surface area contributed by atoms with Gasteiger partial charge in [-0.2, -0.15) is 0 Å². The smallest absolute Gasteiger partial charge is 0.328 e. The minimum absolute atomic E-state index is 0.254. The number of nitrogens with one attached hydrogen (secondary N) is 1. The molecule has 21 heavy (non-hydrogen) atoms. The summed E-state index contributed by atoms with van der Waals surface area (Å²) in [5.74, 6) is -1.01. The van der Waals surface area contributed by atoms with Crippen molar-refractivity contribution in [3.8, 4) is 0 Å². The summed E-state index contributed by atoms with van der Waals surface area (Å²) in [7, 11) is 0. The summed E-state index contributed by atoms with van der Waals surface area (Å²) in [5.41, 5.74) is 0.112. The van der Waals surface area contributed by atoms with Crippen LogP contribution in [0.15, 0.2) is 48.5 Å². The van der Waals surface area contributed by atoms with Gasteiger partial charge in [-0.1, -0.05) is 65.7 Å². The maximum atomic E-state index is 11.7. The zero-order valence-electron chi connectivity index (χ0n) is 11.4. The molecule has 3 nitrogen and oxygen atoms in total. The van der Waals surface area contributed by atoms with Crippen LogP contribution in [-0.4, -0.2) is 11.1 Å².